The second kappa shape index (κ2) is 7.49. The molecule has 0 aliphatic carbocycles. The topological polar surface area (TPSA) is 58.2 Å². The van der Waals surface area contributed by atoms with Gasteiger partial charge in [-0.2, -0.15) is 0 Å². The van der Waals surface area contributed by atoms with Crippen molar-refractivity contribution < 1.29 is 18.4 Å². The SMILES string of the molecule is CCc1ccc(NC(=O)CNC(=O)c2ccc(F)cc2F)cc1. The lowest BCUT2D eigenvalue weighted by atomic mass is 10.1. The van der Waals surface area contributed by atoms with Crippen LogP contribution in [-0.2, 0) is 11.2 Å². The van der Waals surface area contributed by atoms with Crippen LogP contribution in [0.15, 0.2) is 42.5 Å². The molecule has 23 heavy (non-hydrogen) atoms. The number of hydrogen-bond acceptors (Lipinski definition) is 2. The molecule has 0 saturated carbocycles. The zero-order valence-electron chi connectivity index (χ0n) is 12.5. The molecule has 2 amide bonds. The van der Waals surface area contributed by atoms with Gasteiger partial charge in [0, 0.05) is 11.8 Å². The molecule has 6 heteroatoms. The molecule has 0 fully saturated rings. The van der Waals surface area contributed by atoms with Crippen LogP contribution in [-0.4, -0.2) is 18.4 Å². The first-order chi connectivity index (χ1) is 11.0. The Morgan fingerprint density at radius 3 is 2.35 bits per heavy atom. The number of aryl methyl sites for hydroxylation is 1. The fraction of sp³-hybridized carbons (Fsp3) is 0.176. The summed E-state index contributed by atoms with van der Waals surface area (Å²) in [7, 11) is 0. The van der Waals surface area contributed by atoms with Gasteiger partial charge in [0.1, 0.15) is 11.6 Å². The van der Waals surface area contributed by atoms with E-state index < -0.39 is 23.4 Å². The first-order valence-electron chi connectivity index (χ1n) is 7.11. The average Bonchev–Trinajstić information content (AvgIpc) is 2.53. The summed E-state index contributed by atoms with van der Waals surface area (Å²) in [5, 5.41) is 4.90. The number of rotatable bonds is 5. The van der Waals surface area contributed by atoms with Gasteiger partial charge in [-0.25, -0.2) is 8.78 Å². The second-order valence-corrected chi connectivity index (χ2v) is 4.91. The highest BCUT2D eigenvalue weighted by Crippen LogP contribution is 2.10. The van der Waals surface area contributed by atoms with Crippen LogP contribution in [0.25, 0.3) is 0 Å². The molecule has 0 spiro atoms. The van der Waals surface area contributed by atoms with E-state index in [-0.39, 0.29) is 12.1 Å². The van der Waals surface area contributed by atoms with E-state index in [1.165, 1.54) is 0 Å². The van der Waals surface area contributed by atoms with Crippen molar-refractivity contribution in [3.8, 4) is 0 Å². The van der Waals surface area contributed by atoms with Crippen molar-refractivity contribution in [1.82, 2.24) is 5.32 Å². The van der Waals surface area contributed by atoms with E-state index in [4.69, 9.17) is 0 Å². The van der Waals surface area contributed by atoms with E-state index in [9.17, 15) is 18.4 Å². The normalized spacial score (nSPS) is 10.2. The van der Waals surface area contributed by atoms with Crippen LogP contribution in [0.2, 0.25) is 0 Å². The quantitative estimate of drug-likeness (QED) is 0.890. The monoisotopic (exact) mass is 318 g/mol. The van der Waals surface area contributed by atoms with Crippen molar-refractivity contribution in [3.05, 3.63) is 65.2 Å². The molecule has 0 aliphatic rings. The summed E-state index contributed by atoms with van der Waals surface area (Å²) in [4.78, 5) is 23.5. The minimum absolute atomic E-state index is 0.313. The summed E-state index contributed by atoms with van der Waals surface area (Å²) in [6.45, 7) is 1.71. The Balaban J connectivity index is 1.89. The lowest BCUT2D eigenvalue weighted by Crippen LogP contribution is -2.33. The first kappa shape index (κ1) is 16.6. The van der Waals surface area contributed by atoms with E-state index in [1.54, 1.807) is 12.1 Å². The van der Waals surface area contributed by atoms with Crippen LogP contribution in [0.1, 0.15) is 22.8 Å². The number of carbonyl (C=O) groups is 2. The third-order valence-corrected chi connectivity index (χ3v) is 3.23. The molecule has 0 aliphatic heterocycles. The molecule has 0 aromatic heterocycles. The van der Waals surface area contributed by atoms with Crippen LogP contribution in [0.5, 0.6) is 0 Å². The first-order valence-corrected chi connectivity index (χ1v) is 7.11. The van der Waals surface area contributed by atoms with E-state index in [0.717, 1.165) is 24.1 Å². The fourth-order valence-electron chi connectivity index (χ4n) is 1.96. The van der Waals surface area contributed by atoms with Gasteiger partial charge in [0.15, 0.2) is 0 Å². The van der Waals surface area contributed by atoms with Gasteiger partial charge in [0.25, 0.3) is 5.91 Å². The number of amides is 2. The van der Waals surface area contributed by atoms with Crippen LogP contribution < -0.4 is 10.6 Å². The zero-order chi connectivity index (χ0) is 16.8. The summed E-state index contributed by atoms with van der Waals surface area (Å²) in [5.74, 6) is -2.96. The average molecular weight is 318 g/mol. The van der Waals surface area contributed by atoms with Crippen LogP contribution in [0, 0.1) is 11.6 Å². The Morgan fingerprint density at radius 2 is 1.74 bits per heavy atom. The largest absolute Gasteiger partial charge is 0.343 e. The number of nitrogens with one attached hydrogen (secondary N) is 2. The Bertz CT molecular complexity index is 715. The highest BCUT2D eigenvalue weighted by molar-refractivity contribution is 5.99. The Labute approximate surface area is 132 Å². The van der Waals surface area contributed by atoms with E-state index in [1.807, 2.05) is 19.1 Å². The van der Waals surface area contributed by atoms with Crippen molar-refractivity contribution in [2.75, 3.05) is 11.9 Å². The fourth-order valence-corrected chi connectivity index (χ4v) is 1.96. The molecule has 2 N–H and O–H groups in total. The van der Waals surface area contributed by atoms with Crippen molar-refractivity contribution in [3.63, 3.8) is 0 Å². The van der Waals surface area contributed by atoms with E-state index in [2.05, 4.69) is 10.6 Å². The molecule has 2 rings (SSSR count). The van der Waals surface area contributed by atoms with Crippen molar-refractivity contribution >= 4 is 17.5 Å². The van der Waals surface area contributed by atoms with Crippen LogP contribution in [0.4, 0.5) is 14.5 Å². The Morgan fingerprint density at radius 1 is 1.04 bits per heavy atom. The molecular formula is C17H16F2N2O2. The minimum atomic E-state index is -0.974. The molecule has 0 heterocycles. The van der Waals surface area contributed by atoms with Gasteiger partial charge >= 0.3 is 0 Å². The highest BCUT2D eigenvalue weighted by Gasteiger charge is 2.13. The molecule has 120 valence electrons. The van der Waals surface area contributed by atoms with Crippen molar-refractivity contribution in [1.29, 1.82) is 0 Å². The molecule has 0 atom stereocenters. The maximum Gasteiger partial charge on any atom is 0.254 e. The van der Waals surface area contributed by atoms with Gasteiger partial charge in [-0.3, -0.25) is 9.59 Å². The van der Waals surface area contributed by atoms with Gasteiger partial charge in [0.05, 0.1) is 12.1 Å². The Hall–Kier alpha value is -2.76. The Kier molecular flexibility index (Phi) is 5.41. The molecule has 2 aromatic carbocycles. The summed E-state index contributed by atoms with van der Waals surface area (Å²) in [5.41, 5.74) is 1.43. The predicted molar refractivity (Wildman–Crippen MR) is 83.1 cm³/mol. The maximum absolute atomic E-state index is 13.4. The minimum Gasteiger partial charge on any atom is -0.343 e. The van der Waals surface area contributed by atoms with Gasteiger partial charge in [-0.1, -0.05) is 19.1 Å². The van der Waals surface area contributed by atoms with Gasteiger partial charge in [0.2, 0.25) is 5.91 Å². The lowest BCUT2D eigenvalue weighted by Gasteiger charge is -2.08. The van der Waals surface area contributed by atoms with Gasteiger partial charge in [-0.05, 0) is 36.2 Å². The molecule has 2 aromatic rings. The van der Waals surface area contributed by atoms with Gasteiger partial charge < -0.3 is 10.6 Å². The summed E-state index contributed by atoms with van der Waals surface area (Å²) >= 11 is 0. The maximum atomic E-state index is 13.4. The van der Waals surface area contributed by atoms with Crippen LogP contribution in [0.3, 0.4) is 0 Å². The third-order valence-electron chi connectivity index (χ3n) is 3.23. The number of hydrogen-bond donors (Lipinski definition) is 2. The number of anilines is 1. The molecule has 0 saturated heterocycles. The number of halogens is 2. The smallest absolute Gasteiger partial charge is 0.254 e. The standard InChI is InChI=1S/C17H16F2N2O2/c1-2-11-3-6-13(7-4-11)21-16(22)10-20-17(23)14-8-5-12(18)9-15(14)19/h3-9H,2,10H2,1H3,(H,20,23)(H,21,22). The third kappa shape index (κ3) is 4.60. The van der Waals surface area contributed by atoms with Crippen molar-refractivity contribution in [2.45, 2.75) is 13.3 Å². The molecule has 0 radical (unpaired) electrons. The molecule has 4 nitrogen and oxygen atoms in total. The second-order valence-electron chi connectivity index (χ2n) is 4.91. The zero-order valence-corrected chi connectivity index (χ0v) is 12.5. The predicted octanol–water partition coefficient (Wildman–Crippen LogP) is 2.90. The number of carbonyl (C=O) groups excluding carboxylic acids is 2. The van der Waals surface area contributed by atoms with Crippen LogP contribution >= 0.6 is 0 Å². The molecule has 0 unspecified atom stereocenters. The summed E-state index contributed by atoms with van der Waals surface area (Å²) in [6, 6.07) is 9.93. The van der Waals surface area contributed by atoms with Gasteiger partial charge in [-0.15, -0.1) is 0 Å². The highest BCUT2D eigenvalue weighted by atomic mass is 19.1. The lowest BCUT2D eigenvalue weighted by molar-refractivity contribution is -0.115. The van der Waals surface area contributed by atoms with E-state index >= 15 is 0 Å². The van der Waals surface area contributed by atoms with E-state index in [0.29, 0.717) is 11.8 Å². The molecule has 0 bridgehead atoms. The molecular weight excluding hydrogens is 302 g/mol. The summed E-state index contributed by atoms with van der Waals surface area (Å²) < 4.78 is 26.2. The number of benzene rings is 2. The summed E-state index contributed by atoms with van der Waals surface area (Å²) in [6.07, 6.45) is 0.896. The van der Waals surface area contributed by atoms with Crippen molar-refractivity contribution in [2.24, 2.45) is 0 Å².